The van der Waals surface area contributed by atoms with Crippen molar-refractivity contribution in [1.29, 1.82) is 0 Å². The van der Waals surface area contributed by atoms with E-state index in [1.54, 1.807) is 12.3 Å². The molecule has 0 unspecified atom stereocenters. The van der Waals surface area contributed by atoms with Gasteiger partial charge in [-0.15, -0.1) is 0 Å². The molecular weight excluding hydrogens is 318 g/mol. The SMILES string of the molecule is Cc1cccc(C(=O)Nc2cccc3cn[nH]c23)c1Br. The van der Waals surface area contributed by atoms with Crippen molar-refractivity contribution in [2.24, 2.45) is 0 Å². The number of nitrogens with zero attached hydrogens (tertiary/aromatic N) is 1. The monoisotopic (exact) mass is 329 g/mol. The molecule has 0 fully saturated rings. The summed E-state index contributed by atoms with van der Waals surface area (Å²) in [4.78, 5) is 12.4. The number of nitrogens with one attached hydrogen (secondary N) is 2. The Bertz CT molecular complexity index is 795. The summed E-state index contributed by atoms with van der Waals surface area (Å²) < 4.78 is 0.814. The topological polar surface area (TPSA) is 57.8 Å². The molecule has 100 valence electrons. The standard InChI is InChI=1S/C15H12BrN3O/c1-9-4-2-6-11(13(9)16)15(20)18-12-7-3-5-10-8-17-19-14(10)12/h2-8H,1H3,(H,17,19)(H,18,20). The minimum absolute atomic E-state index is 0.150. The summed E-state index contributed by atoms with van der Waals surface area (Å²) in [6, 6.07) is 11.3. The van der Waals surface area contributed by atoms with Gasteiger partial charge in [0.1, 0.15) is 0 Å². The van der Waals surface area contributed by atoms with Gasteiger partial charge in [-0.3, -0.25) is 9.89 Å². The van der Waals surface area contributed by atoms with E-state index in [-0.39, 0.29) is 5.91 Å². The number of halogens is 1. The van der Waals surface area contributed by atoms with Crippen LogP contribution in [0.15, 0.2) is 47.1 Å². The molecule has 20 heavy (non-hydrogen) atoms. The average molecular weight is 330 g/mol. The lowest BCUT2D eigenvalue weighted by atomic mass is 10.1. The van der Waals surface area contributed by atoms with Crippen LogP contribution < -0.4 is 5.32 Å². The first-order chi connectivity index (χ1) is 9.66. The average Bonchev–Trinajstić information content (AvgIpc) is 2.91. The van der Waals surface area contributed by atoms with E-state index >= 15 is 0 Å². The molecule has 0 aliphatic rings. The van der Waals surface area contributed by atoms with E-state index in [4.69, 9.17) is 0 Å². The smallest absolute Gasteiger partial charge is 0.256 e. The van der Waals surface area contributed by atoms with E-state index in [0.717, 1.165) is 26.6 Å². The second-order valence-electron chi connectivity index (χ2n) is 4.53. The van der Waals surface area contributed by atoms with E-state index in [1.165, 1.54) is 0 Å². The molecule has 2 N–H and O–H groups in total. The van der Waals surface area contributed by atoms with Gasteiger partial charge < -0.3 is 5.32 Å². The van der Waals surface area contributed by atoms with Gasteiger partial charge in [-0.25, -0.2) is 0 Å². The van der Waals surface area contributed by atoms with Gasteiger partial charge in [0.15, 0.2) is 0 Å². The van der Waals surface area contributed by atoms with Crippen molar-refractivity contribution in [1.82, 2.24) is 10.2 Å². The maximum absolute atomic E-state index is 12.4. The maximum Gasteiger partial charge on any atom is 0.256 e. The number of anilines is 1. The van der Waals surface area contributed by atoms with Gasteiger partial charge in [0.05, 0.1) is 23.0 Å². The Morgan fingerprint density at radius 2 is 2.05 bits per heavy atom. The van der Waals surface area contributed by atoms with E-state index in [2.05, 4.69) is 31.4 Å². The number of carbonyl (C=O) groups excluding carboxylic acids is 1. The first-order valence-corrected chi connectivity index (χ1v) is 6.94. The van der Waals surface area contributed by atoms with Gasteiger partial charge in [-0.2, -0.15) is 5.10 Å². The van der Waals surface area contributed by atoms with Gasteiger partial charge in [-0.1, -0.05) is 24.3 Å². The highest BCUT2D eigenvalue weighted by atomic mass is 79.9. The number of carbonyl (C=O) groups is 1. The number of para-hydroxylation sites is 1. The number of amides is 1. The highest BCUT2D eigenvalue weighted by molar-refractivity contribution is 9.10. The Hall–Kier alpha value is -2.14. The first kappa shape index (κ1) is 12.9. The van der Waals surface area contributed by atoms with Crippen LogP contribution >= 0.6 is 15.9 Å². The number of rotatable bonds is 2. The Labute approximate surface area is 124 Å². The van der Waals surface area contributed by atoms with Crippen LogP contribution in [0.5, 0.6) is 0 Å². The van der Waals surface area contributed by atoms with Crippen molar-refractivity contribution >= 4 is 38.4 Å². The lowest BCUT2D eigenvalue weighted by molar-refractivity contribution is 0.102. The van der Waals surface area contributed by atoms with Crippen molar-refractivity contribution < 1.29 is 4.79 Å². The molecule has 4 nitrogen and oxygen atoms in total. The summed E-state index contributed by atoms with van der Waals surface area (Å²) in [7, 11) is 0. The van der Waals surface area contributed by atoms with E-state index < -0.39 is 0 Å². The molecule has 1 amide bonds. The van der Waals surface area contributed by atoms with E-state index in [9.17, 15) is 4.79 Å². The highest BCUT2D eigenvalue weighted by Gasteiger charge is 2.13. The minimum atomic E-state index is -0.150. The summed E-state index contributed by atoms with van der Waals surface area (Å²) in [6.45, 7) is 1.95. The van der Waals surface area contributed by atoms with Crippen LogP contribution in [0.2, 0.25) is 0 Å². The third kappa shape index (κ3) is 2.20. The number of aromatic amines is 1. The molecule has 0 bridgehead atoms. The summed E-state index contributed by atoms with van der Waals surface area (Å²) in [6.07, 6.45) is 1.73. The van der Waals surface area contributed by atoms with Gasteiger partial charge in [-0.05, 0) is 40.5 Å². The van der Waals surface area contributed by atoms with Crippen LogP contribution in [0.1, 0.15) is 15.9 Å². The van der Waals surface area contributed by atoms with Crippen molar-refractivity contribution in [2.45, 2.75) is 6.92 Å². The molecule has 3 aromatic rings. The largest absolute Gasteiger partial charge is 0.320 e. The summed E-state index contributed by atoms with van der Waals surface area (Å²) in [5, 5.41) is 10.8. The number of hydrogen-bond donors (Lipinski definition) is 2. The Morgan fingerprint density at radius 3 is 2.90 bits per heavy atom. The Kier molecular flexibility index (Phi) is 3.28. The zero-order chi connectivity index (χ0) is 14.1. The molecule has 0 radical (unpaired) electrons. The predicted octanol–water partition coefficient (Wildman–Crippen LogP) is 3.89. The van der Waals surface area contributed by atoms with Gasteiger partial charge in [0, 0.05) is 9.86 Å². The second kappa shape index (κ2) is 5.09. The van der Waals surface area contributed by atoms with Gasteiger partial charge in [0.2, 0.25) is 0 Å². The molecule has 0 aliphatic carbocycles. The number of aromatic nitrogens is 2. The molecule has 3 rings (SSSR count). The zero-order valence-electron chi connectivity index (χ0n) is 10.8. The second-order valence-corrected chi connectivity index (χ2v) is 5.32. The predicted molar refractivity (Wildman–Crippen MR) is 82.9 cm³/mol. The van der Waals surface area contributed by atoms with Crippen molar-refractivity contribution in [2.75, 3.05) is 5.32 Å². The molecule has 0 spiro atoms. The number of H-pyrrole nitrogens is 1. The van der Waals surface area contributed by atoms with Crippen LogP contribution in [0.4, 0.5) is 5.69 Å². The molecule has 0 atom stereocenters. The summed E-state index contributed by atoms with van der Waals surface area (Å²) in [5.41, 5.74) is 3.18. The van der Waals surface area contributed by atoms with Crippen LogP contribution in [0.25, 0.3) is 10.9 Å². The molecule has 2 aromatic carbocycles. The molecule has 0 saturated heterocycles. The van der Waals surface area contributed by atoms with Crippen LogP contribution in [-0.2, 0) is 0 Å². The highest BCUT2D eigenvalue weighted by Crippen LogP contribution is 2.24. The van der Waals surface area contributed by atoms with E-state index in [0.29, 0.717) is 5.56 Å². The molecule has 1 heterocycles. The van der Waals surface area contributed by atoms with Crippen LogP contribution in [0.3, 0.4) is 0 Å². The van der Waals surface area contributed by atoms with Crippen molar-refractivity contribution in [3.05, 3.63) is 58.2 Å². The molecule has 0 aliphatic heterocycles. The first-order valence-electron chi connectivity index (χ1n) is 6.15. The Balaban J connectivity index is 1.97. The lowest BCUT2D eigenvalue weighted by Crippen LogP contribution is -2.13. The summed E-state index contributed by atoms with van der Waals surface area (Å²) >= 11 is 3.46. The maximum atomic E-state index is 12.4. The molecule has 5 heteroatoms. The number of benzene rings is 2. The zero-order valence-corrected chi connectivity index (χ0v) is 12.4. The van der Waals surface area contributed by atoms with Crippen LogP contribution in [-0.4, -0.2) is 16.1 Å². The fourth-order valence-electron chi connectivity index (χ4n) is 2.09. The number of aryl methyl sites for hydroxylation is 1. The molecule has 1 aromatic heterocycles. The third-order valence-electron chi connectivity index (χ3n) is 3.16. The Morgan fingerprint density at radius 1 is 1.25 bits per heavy atom. The van der Waals surface area contributed by atoms with Crippen molar-refractivity contribution in [3.63, 3.8) is 0 Å². The molecular formula is C15H12BrN3O. The fraction of sp³-hybridized carbons (Fsp3) is 0.0667. The minimum Gasteiger partial charge on any atom is -0.320 e. The van der Waals surface area contributed by atoms with Crippen LogP contribution in [0, 0.1) is 6.92 Å². The third-order valence-corrected chi connectivity index (χ3v) is 4.21. The fourth-order valence-corrected chi connectivity index (χ4v) is 2.53. The quantitative estimate of drug-likeness (QED) is 0.749. The van der Waals surface area contributed by atoms with Gasteiger partial charge >= 0.3 is 0 Å². The van der Waals surface area contributed by atoms with E-state index in [1.807, 2.05) is 37.3 Å². The number of hydrogen-bond acceptors (Lipinski definition) is 2. The summed E-state index contributed by atoms with van der Waals surface area (Å²) in [5.74, 6) is -0.150. The lowest BCUT2D eigenvalue weighted by Gasteiger charge is -2.09. The van der Waals surface area contributed by atoms with Crippen molar-refractivity contribution in [3.8, 4) is 0 Å². The molecule has 0 saturated carbocycles. The normalized spacial score (nSPS) is 10.7. The number of fused-ring (bicyclic) bond motifs is 1. The van der Waals surface area contributed by atoms with Gasteiger partial charge in [0.25, 0.3) is 5.91 Å².